The second kappa shape index (κ2) is 9.07. The summed E-state index contributed by atoms with van der Waals surface area (Å²) in [6.07, 6.45) is 1.69. The summed E-state index contributed by atoms with van der Waals surface area (Å²) >= 11 is 0. The van der Waals surface area contributed by atoms with Crippen molar-refractivity contribution in [2.24, 2.45) is 5.10 Å². The summed E-state index contributed by atoms with van der Waals surface area (Å²) in [5.41, 5.74) is 10.6. The number of morpholine rings is 1. The second-order valence-corrected chi connectivity index (χ2v) is 5.89. The molecule has 2 aromatic rings. The van der Waals surface area contributed by atoms with E-state index < -0.39 is 0 Å². The van der Waals surface area contributed by atoms with E-state index in [-0.39, 0.29) is 17.9 Å². The largest absolute Gasteiger partial charge is 0.462 e. The van der Waals surface area contributed by atoms with Crippen molar-refractivity contribution >= 4 is 18.1 Å². The van der Waals surface area contributed by atoms with Gasteiger partial charge in [0.2, 0.25) is 5.95 Å². The Kier molecular flexibility index (Phi) is 6.29. The molecule has 1 aliphatic rings. The van der Waals surface area contributed by atoms with Crippen LogP contribution in [0.5, 0.6) is 6.01 Å². The van der Waals surface area contributed by atoms with Crippen molar-refractivity contribution in [1.29, 1.82) is 0 Å². The molecule has 26 heavy (non-hydrogen) atoms. The molecule has 9 nitrogen and oxygen atoms in total. The van der Waals surface area contributed by atoms with Gasteiger partial charge in [-0.1, -0.05) is 29.8 Å². The van der Waals surface area contributed by atoms with E-state index in [1.54, 1.807) is 6.21 Å². The number of nitrogens with one attached hydrogen (secondary N) is 1. The van der Waals surface area contributed by atoms with Gasteiger partial charge in [0.15, 0.2) is 0 Å². The van der Waals surface area contributed by atoms with E-state index in [4.69, 9.17) is 15.2 Å². The molecule has 1 aromatic carbocycles. The maximum absolute atomic E-state index is 5.72. The van der Waals surface area contributed by atoms with Gasteiger partial charge < -0.3 is 15.2 Å². The van der Waals surface area contributed by atoms with Crippen molar-refractivity contribution in [3.63, 3.8) is 0 Å². The number of nitrogen functional groups attached to an aromatic ring is 1. The molecule has 0 atom stereocenters. The van der Waals surface area contributed by atoms with E-state index in [0.29, 0.717) is 6.61 Å². The fourth-order valence-corrected chi connectivity index (χ4v) is 2.49. The zero-order chi connectivity index (χ0) is 18.2. The van der Waals surface area contributed by atoms with Gasteiger partial charge in [0.1, 0.15) is 6.61 Å². The van der Waals surface area contributed by atoms with Crippen LogP contribution in [0.4, 0.5) is 11.9 Å². The zero-order valence-corrected chi connectivity index (χ0v) is 14.8. The maximum atomic E-state index is 5.72. The highest BCUT2D eigenvalue weighted by Crippen LogP contribution is 2.09. The van der Waals surface area contributed by atoms with Crippen LogP contribution in [-0.4, -0.2) is 65.5 Å². The van der Waals surface area contributed by atoms with Crippen molar-refractivity contribution in [3.05, 3.63) is 35.4 Å². The first kappa shape index (κ1) is 18.0. The van der Waals surface area contributed by atoms with Gasteiger partial charge in [0, 0.05) is 19.6 Å². The van der Waals surface area contributed by atoms with E-state index in [0.717, 1.165) is 44.0 Å². The lowest BCUT2D eigenvalue weighted by Crippen LogP contribution is -2.38. The molecule has 138 valence electrons. The van der Waals surface area contributed by atoms with Crippen molar-refractivity contribution in [1.82, 2.24) is 19.9 Å². The first-order valence-electron chi connectivity index (χ1n) is 8.49. The number of benzene rings is 1. The Labute approximate surface area is 152 Å². The normalized spacial score (nSPS) is 15.3. The number of nitrogens with two attached hydrogens (primary N) is 1. The Morgan fingerprint density at radius 3 is 2.96 bits per heavy atom. The number of hydrogen-bond donors (Lipinski definition) is 2. The predicted octanol–water partition coefficient (Wildman–Crippen LogP) is 0.919. The summed E-state index contributed by atoms with van der Waals surface area (Å²) in [6.45, 7) is 6.60. The Bertz CT molecular complexity index is 748. The summed E-state index contributed by atoms with van der Waals surface area (Å²) < 4.78 is 10.9. The highest BCUT2D eigenvalue weighted by atomic mass is 16.5. The van der Waals surface area contributed by atoms with Gasteiger partial charge in [0.05, 0.1) is 19.4 Å². The first-order chi connectivity index (χ1) is 12.7. The number of anilines is 2. The molecule has 2 heterocycles. The molecule has 0 bridgehead atoms. The van der Waals surface area contributed by atoms with Crippen LogP contribution in [0.15, 0.2) is 29.4 Å². The molecule has 1 saturated heterocycles. The Balaban J connectivity index is 1.53. The van der Waals surface area contributed by atoms with Gasteiger partial charge in [-0.3, -0.25) is 4.90 Å². The number of hydrogen-bond acceptors (Lipinski definition) is 9. The average Bonchev–Trinajstić information content (AvgIpc) is 2.62. The number of rotatable bonds is 7. The molecule has 3 rings (SSSR count). The molecule has 3 N–H and O–H groups in total. The van der Waals surface area contributed by atoms with E-state index in [9.17, 15) is 0 Å². The van der Waals surface area contributed by atoms with Crippen molar-refractivity contribution in [2.75, 3.05) is 50.6 Å². The quantitative estimate of drug-likeness (QED) is 0.556. The summed E-state index contributed by atoms with van der Waals surface area (Å²) in [7, 11) is 0. The van der Waals surface area contributed by atoms with Crippen molar-refractivity contribution in [2.45, 2.75) is 6.92 Å². The van der Waals surface area contributed by atoms with Crippen LogP contribution in [0, 0.1) is 6.92 Å². The predicted molar refractivity (Wildman–Crippen MR) is 99.4 cm³/mol. The summed E-state index contributed by atoms with van der Waals surface area (Å²) in [5, 5.41) is 4.13. The standard InChI is InChI=1S/C17H23N7O2/c1-13-3-2-4-14(11-13)12-19-23-16-20-15(18)21-17(22-16)26-10-7-24-5-8-25-9-6-24/h2-4,11-12H,5-10H2,1H3,(H3,18,20,21,22,23)/b19-12+. The third-order valence-electron chi connectivity index (χ3n) is 3.79. The summed E-state index contributed by atoms with van der Waals surface area (Å²) in [5.74, 6) is 0.317. The number of nitrogens with zero attached hydrogens (tertiary/aromatic N) is 5. The number of ether oxygens (including phenoxy) is 2. The fourth-order valence-electron chi connectivity index (χ4n) is 2.49. The molecule has 1 fully saturated rings. The third-order valence-corrected chi connectivity index (χ3v) is 3.79. The molecule has 0 unspecified atom stereocenters. The molecule has 1 aromatic heterocycles. The van der Waals surface area contributed by atoms with Crippen LogP contribution in [-0.2, 0) is 4.74 Å². The lowest BCUT2D eigenvalue weighted by molar-refractivity contribution is 0.0317. The molecule has 0 radical (unpaired) electrons. The van der Waals surface area contributed by atoms with Gasteiger partial charge in [-0.2, -0.15) is 20.1 Å². The lowest BCUT2D eigenvalue weighted by atomic mass is 10.2. The molecule has 0 saturated carbocycles. The van der Waals surface area contributed by atoms with Gasteiger partial charge in [-0.15, -0.1) is 0 Å². The highest BCUT2D eigenvalue weighted by molar-refractivity contribution is 5.80. The molecule has 0 spiro atoms. The number of aryl methyl sites for hydroxylation is 1. The van der Waals surface area contributed by atoms with Crippen molar-refractivity contribution < 1.29 is 9.47 Å². The van der Waals surface area contributed by atoms with E-state index >= 15 is 0 Å². The smallest absolute Gasteiger partial charge is 0.323 e. The summed E-state index contributed by atoms with van der Waals surface area (Å²) in [4.78, 5) is 14.4. The third kappa shape index (κ3) is 5.64. The fraction of sp³-hybridized carbons (Fsp3) is 0.412. The minimum atomic E-state index is 0.0784. The first-order valence-corrected chi connectivity index (χ1v) is 8.49. The zero-order valence-electron chi connectivity index (χ0n) is 14.8. The van der Waals surface area contributed by atoms with Crippen molar-refractivity contribution in [3.8, 4) is 6.01 Å². The second-order valence-electron chi connectivity index (χ2n) is 5.89. The van der Waals surface area contributed by atoms with Crippen LogP contribution in [0.2, 0.25) is 0 Å². The van der Waals surface area contributed by atoms with Crippen LogP contribution >= 0.6 is 0 Å². The van der Waals surface area contributed by atoms with Crippen LogP contribution in [0.25, 0.3) is 0 Å². The monoisotopic (exact) mass is 357 g/mol. The topological polar surface area (TPSA) is 111 Å². The van der Waals surface area contributed by atoms with Gasteiger partial charge in [-0.05, 0) is 12.5 Å². The Hall–Kier alpha value is -2.78. The summed E-state index contributed by atoms with van der Waals surface area (Å²) in [6, 6.07) is 8.16. The molecule has 1 aliphatic heterocycles. The molecular weight excluding hydrogens is 334 g/mol. The SMILES string of the molecule is Cc1cccc(/C=N/Nc2nc(N)nc(OCCN3CCOCC3)n2)c1. The van der Waals surface area contributed by atoms with E-state index in [1.165, 1.54) is 0 Å². The molecule has 0 amide bonds. The van der Waals surface area contributed by atoms with E-state index in [2.05, 4.69) is 30.4 Å². The van der Waals surface area contributed by atoms with Gasteiger partial charge in [0.25, 0.3) is 5.95 Å². The lowest BCUT2D eigenvalue weighted by Gasteiger charge is -2.26. The number of hydrazone groups is 1. The Morgan fingerprint density at radius 1 is 1.31 bits per heavy atom. The van der Waals surface area contributed by atoms with Gasteiger partial charge >= 0.3 is 6.01 Å². The molecular formula is C17H23N7O2. The Morgan fingerprint density at radius 2 is 2.15 bits per heavy atom. The minimum Gasteiger partial charge on any atom is -0.462 e. The number of aromatic nitrogens is 3. The maximum Gasteiger partial charge on any atom is 0.323 e. The van der Waals surface area contributed by atoms with Gasteiger partial charge in [-0.25, -0.2) is 5.43 Å². The van der Waals surface area contributed by atoms with Crippen LogP contribution in [0.3, 0.4) is 0 Å². The van der Waals surface area contributed by atoms with Crippen LogP contribution < -0.4 is 15.9 Å². The van der Waals surface area contributed by atoms with Crippen LogP contribution in [0.1, 0.15) is 11.1 Å². The highest BCUT2D eigenvalue weighted by Gasteiger charge is 2.11. The average molecular weight is 357 g/mol. The molecule has 9 heteroatoms. The van der Waals surface area contributed by atoms with E-state index in [1.807, 2.05) is 31.2 Å². The minimum absolute atomic E-state index is 0.0784. The molecule has 0 aliphatic carbocycles.